The molecule has 1 amide bonds. The summed E-state index contributed by atoms with van der Waals surface area (Å²) in [5.74, 6) is 0.748. The van der Waals surface area contributed by atoms with Gasteiger partial charge in [-0.25, -0.2) is 9.78 Å². The normalized spacial score (nSPS) is 17.5. The molecular formula is C19H24N2O4. The Balaban J connectivity index is 1.79. The topological polar surface area (TPSA) is 73.6 Å². The zero-order chi connectivity index (χ0) is 17.9. The van der Waals surface area contributed by atoms with Crippen molar-refractivity contribution in [1.82, 2.24) is 10.3 Å². The van der Waals surface area contributed by atoms with Crippen LogP contribution >= 0.6 is 0 Å². The number of oxazole rings is 1. The first-order valence-electron chi connectivity index (χ1n) is 8.53. The van der Waals surface area contributed by atoms with Crippen molar-refractivity contribution in [3.63, 3.8) is 0 Å². The summed E-state index contributed by atoms with van der Waals surface area (Å²) in [6.45, 7) is 6.53. The number of ether oxygens (including phenoxy) is 2. The molecule has 0 unspecified atom stereocenters. The maximum absolute atomic E-state index is 11.9. The molecule has 6 heteroatoms. The molecule has 1 aliphatic heterocycles. The number of alkyl carbamates (subject to hydrolysis) is 1. The molecule has 1 aromatic heterocycles. The minimum absolute atomic E-state index is 0.215. The van der Waals surface area contributed by atoms with Crippen LogP contribution in [0.3, 0.4) is 0 Å². The molecule has 25 heavy (non-hydrogen) atoms. The van der Waals surface area contributed by atoms with E-state index in [1.54, 1.807) is 6.20 Å². The van der Waals surface area contributed by atoms with Gasteiger partial charge in [-0.15, -0.1) is 0 Å². The lowest BCUT2D eigenvalue weighted by atomic mass is 9.93. The van der Waals surface area contributed by atoms with Crippen LogP contribution < -0.4 is 5.32 Å². The minimum atomic E-state index is -0.522. The smallest absolute Gasteiger partial charge is 0.407 e. The highest BCUT2D eigenvalue weighted by Crippen LogP contribution is 2.33. The van der Waals surface area contributed by atoms with Crippen molar-refractivity contribution in [2.45, 2.75) is 45.3 Å². The Morgan fingerprint density at radius 3 is 2.96 bits per heavy atom. The fraction of sp³-hybridized carbons (Fsp3) is 0.474. The second-order valence-corrected chi connectivity index (χ2v) is 7.08. The van der Waals surface area contributed by atoms with Crippen molar-refractivity contribution in [2.75, 3.05) is 13.2 Å². The number of amides is 1. The summed E-state index contributed by atoms with van der Waals surface area (Å²) in [7, 11) is 0. The number of rotatable bonds is 3. The summed E-state index contributed by atoms with van der Waals surface area (Å²) in [6.07, 6.45) is 4.32. The maximum atomic E-state index is 11.9. The number of nitrogens with one attached hydrogen (secondary N) is 1. The molecule has 0 spiro atoms. The number of carbonyl (C=O) groups is 1. The fourth-order valence-electron chi connectivity index (χ4n) is 2.99. The molecule has 2 aromatic rings. The minimum Gasteiger partial charge on any atom is -0.444 e. The van der Waals surface area contributed by atoms with E-state index in [4.69, 9.17) is 13.9 Å². The van der Waals surface area contributed by atoms with Gasteiger partial charge in [0.25, 0.3) is 0 Å². The van der Waals surface area contributed by atoms with Gasteiger partial charge in [-0.3, -0.25) is 0 Å². The number of aromatic nitrogens is 1. The van der Waals surface area contributed by atoms with Gasteiger partial charge in [0, 0.05) is 12.2 Å². The molecule has 0 radical (unpaired) electrons. The molecule has 1 atom stereocenters. The van der Waals surface area contributed by atoms with Gasteiger partial charge in [0.05, 0.1) is 12.7 Å². The number of benzene rings is 1. The van der Waals surface area contributed by atoms with Crippen molar-refractivity contribution < 1.29 is 18.7 Å². The first-order valence-corrected chi connectivity index (χ1v) is 8.53. The summed E-state index contributed by atoms with van der Waals surface area (Å²) < 4.78 is 16.7. The Kier molecular flexibility index (Phi) is 5.08. The van der Waals surface area contributed by atoms with Gasteiger partial charge in [0.15, 0.2) is 12.2 Å². The Hall–Kier alpha value is -2.34. The molecule has 0 aliphatic carbocycles. The Morgan fingerprint density at radius 2 is 2.24 bits per heavy atom. The summed E-state index contributed by atoms with van der Waals surface area (Å²) in [5, 5.41) is 2.81. The third-order valence-corrected chi connectivity index (χ3v) is 3.98. The first kappa shape index (κ1) is 17.5. The van der Waals surface area contributed by atoms with Crippen molar-refractivity contribution >= 4 is 6.09 Å². The van der Waals surface area contributed by atoms with Crippen LogP contribution in [-0.2, 0) is 15.9 Å². The van der Waals surface area contributed by atoms with Gasteiger partial charge in [0.1, 0.15) is 11.7 Å². The van der Waals surface area contributed by atoms with Gasteiger partial charge in [-0.05, 0) is 44.7 Å². The number of carbonyl (C=O) groups excluding carboxylic acids is 1. The van der Waals surface area contributed by atoms with E-state index in [2.05, 4.69) is 10.3 Å². The van der Waals surface area contributed by atoms with Gasteiger partial charge >= 0.3 is 6.09 Å². The lowest BCUT2D eigenvalue weighted by molar-refractivity contribution is 0.0359. The average Bonchev–Trinajstić information content (AvgIpc) is 2.99. The van der Waals surface area contributed by atoms with Crippen LogP contribution in [0.5, 0.6) is 0 Å². The van der Waals surface area contributed by atoms with E-state index < -0.39 is 11.7 Å². The van der Waals surface area contributed by atoms with E-state index in [0.717, 1.165) is 29.7 Å². The van der Waals surface area contributed by atoms with Crippen LogP contribution in [0.15, 0.2) is 35.2 Å². The number of hydrogen-bond acceptors (Lipinski definition) is 5. The quantitative estimate of drug-likeness (QED) is 0.915. The third-order valence-electron chi connectivity index (χ3n) is 3.98. The fourth-order valence-corrected chi connectivity index (χ4v) is 2.99. The van der Waals surface area contributed by atoms with E-state index in [1.807, 2.05) is 39.0 Å². The monoisotopic (exact) mass is 344 g/mol. The Morgan fingerprint density at radius 1 is 1.40 bits per heavy atom. The standard InChI is InChI=1S/C19H24N2O4/c1-19(2,3)25-18(22)21-11-17-15-7-4-6-14(16-10-20-12-24-16)13(15)8-5-9-23-17/h4,6-7,10,12,17H,5,8-9,11H2,1-3H3,(H,21,22)/t17-/m1/s1. The zero-order valence-electron chi connectivity index (χ0n) is 14.9. The van der Waals surface area contributed by atoms with Crippen LogP contribution in [0.25, 0.3) is 11.3 Å². The number of hydrogen-bond donors (Lipinski definition) is 1. The van der Waals surface area contributed by atoms with Gasteiger partial charge < -0.3 is 19.2 Å². The number of fused-ring (bicyclic) bond motifs is 1. The Labute approximate surface area is 147 Å². The molecular weight excluding hydrogens is 320 g/mol. The highest BCUT2D eigenvalue weighted by atomic mass is 16.6. The largest absolute Gasteiger partial charge is 0.444 e. The zero-order valence-corrected chi connectivity index (χ0v) is 14.9. The number of nitrogens with zero attached hydrogens (tertiary/aromatic N) is 1. The SMILES string of the molecule is CC(C)(C)OC(=O)NC[C@H]1OCCCc2c(-c3cnco3)cccc21. The summed E-state index contributed by atoms with van der Waals surface area (Å²) in [4.78, 5) is 16.0. The van der Waals surface area contributed by atoms with Crippen LogP contribution in [0.4, 0.5) is 4.79 Å². The molecule has 0 saturated heterocycles. The predicted molar refractivity (Wildman–Crippen MR) is 93.2 cm³/mol. The highest BCUT2D eigenvalue weighted by molar-refractivity contribution is 5.68. The van der Waals surface area contributed by atoms with E-state index in [-0.39, 0.29) is 6.10 Å². The highest BCUT2D eigenvalue weighted by Gasteiger charge is 2.24. The van der Waals surface area contributed by atoms with E-state index in [0.29, 0.717) is 13.2 Å². The second-order valence-electron chi connectivity index (χ2n) is 7.08. The summed E-state index contributed by atoms with van der Waals surface area (Å²) in [6, 6.07) is 6.05. The van der Waals surface area contributed by atoms with E-state index in [9.17, 15) is 4.79 Å². The summed E-state index contributed by atoms with van der Waals surface area (Å²) >= 11 is 0. The lowest BCUT2D eigenvalue weighted by Crippen LogP contribution is -2.35. The van der Waals surface area contributed by atoms with Crippen molar-refractivity contribution in [2.24, 2.45) is 0 Å². The molecule has 0 fully saturated rings. The molecule has 1 N–H and O–H groups in total. The first-order chi connectivity index (χ1) is 11.9. The van der Waals surface area contributed by atoms with Crippen LogP contribution in [0.1, 0.15) is 44.4 Å². The van der Waals surface area contributed by atoms with Crippen molar-refractivity contribution in [3.8, 4) is 11.3 Å². The molecule has 2 heterocycles. The third kappa shape index (κ3) is 4.39. The van der Waals surface area contributed by atoms with Crippen LogP contribution in [-0.4, -0.2) is 29.8 Å². The van der Waals surface area contributed by atoms with Gasteiger partial charge in [-0.2, -0.15) is 0 Å². The van der Waals surface area contributed by atoms with E-state index >= 15 is 0 Å². The molecule has 6 nitrogen and oxygen atoms in total. The average molecular weight is 344 g/mol. The van der Waals surface area contributed by atoms with E-state index in [1.165, 1.54) is 12.0 Å². The summed E-state index contributed by atoms with van der Waals surface area (Å²) in [5.41, 5.74) is 2.77. The molecule has 3 rings (SSSR count). The molecule has 0 bridgehead atoms. The van der Waals surface area contributed by atoms with Crippen molar-refractivity contribution in [1.29, 1.82) is 0 Å². The second kappa shape index (κ2) is 7.27. The lowest BCUT2D eigenvalue weighted by Gasteiger charge is -2.23. The Bertz CT molecular complexity index is 720. The molecule has 1 aromatic carbocycles. The molecule has 134 valence electrons. The van der Waals surface area contributed by atoms with Gasteiger partial charge in [0.2, 0.25) is 0 Å². The maximum Gasteiger partial charge on any atom is 0.407 e. The predicted octanol–water partition coefficient (Wildman–Crippen LogP) is 3.87. The van der Waals surface area contributed by atoms with Crippen LogP contribution in [0, 0.1) is 0 Å². The van der Waals surface area contributed by atoms with Crippen LogP contribution in [0.2, 0.25) is 0 Å². The van der Waals surface area contributed by atoms with Gasteiger partial charge in [-0.1, -0.05) is 18.2 Å². The molecule has 0 saturated carbocycles. The molecule has 1 aliphatic rings. The van der Waals surface area contributed by atoms with Crippen molar-refractivity contribution in [3.05, 3.63) is 41.9 Å².